The Kier molecular flexibility index (Phi) is 4.98. The smallest absolute Gasteiger partial charge is 0.317 e. The summed E-state index contributed by atoms with van der Waals surface area (Å²) in [4.78, 5) is 12.7. The zero-order chi connectivity index (χ0) is 14.5. The van der Waals surface area contributed by atoms with Crippen LogP contribution < -0.4 is 4.74 Å². The summed E-state index contributed by atoms with van der Waals surface area (Å²) in [6.45, 7) is 1.04. The molecular formula is C15H21NO4. The number of aliphatic hydroxyl groups excluding tert-OH is 1. The Balaban J connectivity index is 1.98. The summed E-state index contributed by atoms with van der Waals surface area (Å²) in [5, 5.41) is 19.2. The van der Waals surface area contributed by atoms with E-state index in [4.69, 9.17) is 9.84 Å². The van der Waals surface area contributed by atoms with E-state index >= 15 is 0 Å². The highest BCUT2D eigenvalue weighted by Gasteiger charge is 2.26. The Bertz CT molecular complexity index is 459. The molecule has 1 atom stereocenters. The van der Waals surface area contributed by atoms with Crippen LogP contribution in [0.4, 0.5) is 0 Å². The number of carboxylic acids is 1. The number of aliphatic carboxylic acids is 1. The molecule has 20 heavy (non-hydrogen) atoms. The molecule has 0 heterocycles. The van der Waals surface area contributed by atoms with Gasteiger partial charge in [-0.3, -0.25) is 9.69 Å². The molecule has 2 rings (SSSR count). The summed E-state index contributed by atoms with van der Waals surface area (Å²) in [5.41, 5.74) is 0.746. The van der Waals surface area contributed by atoms with Crippen molar-refractivity contribution in [3.63, 3.8) is 0 Å². The Morgan fingerprint density at radius 3 is 2.85 bits per heavy atom. The summed E-state index contributed by atoms with van der Waals surface area (Å²) in [6.07, 6.45) is 1.61. The van der Waals surface area contributed by atoms with Crippen molar-refractivity contribution >= 4 is 5.97 Å². The van der Waals surface area contributed by atoms with Gasteiger partial charge in [-0.05, 0) is 36.5 Å². The van der Waals surface area contributed by atoms with Crippen molar-refractivity contribution < 1.29 is 19.7 Å². The van der Waals surface area contributed by atoms with Crippen molar-refractivity contribution in [1.29, 1.82) is 0 Å². The van der Waals surface area contributed by atoms with Gasteiger partial charge < -0.3 is 14.9 Å². The lowest BCUT2D eigenvalue weighted by molar-refractivity contribution is -0.138. The van der Waals surface area contributed by atoms with E-state index in [2.05, 4.69) is 0 Å². The van der Waals surface area contributed by atoms with E-state index < -0.39 is 12.1 Å². The quantitative estimate of drug-likeness (QED) is 0.755. The molecule has 5 heteroatoms. The summed E-state index contributed by atoms with van der Waals surface area (Å²) in [6, 6.07) is 7.24. The molecule has 2 N–H and O–H groups in total. The van der Waals surface area contributed by atoms with E-state index in [9.17, 15) is 9.90 Å². The highest BCUT2D eigenvalue weighted by Crippen LogP contribution is 2.30. The van der Waals surface area contributed by atoms with Crippen molar-refractivity contribution in [1.82, 2.24) is 4.90 Å². The minimum absolute atomic E-state index is 0.0302. The van der Waals surface area contributed by atoms with Crippen LogP contribution in [-0.4, -0.2) is 47.8 Å². The fraction of sp³-hybridized carbons (Fsp3) is 0.533. The molecule has 1 saturated carbocycles. The van der Waals surface area contributed by atoms with Gasteiger partial charge in [0.15, 0.2) is 0 Å². The van der Waals surface area contributed by atoms with E-state index in [1.54, 1.807) is 13.2 Å². The van der Waals surface area contributed by atoms with E-state index in [0.717, 1.165) is 24.9 Å². The second kappa shape index (κ2) is 6.72. The average Bonchev–Trinajstić information content (AvgIpc) is 3.22. The van der Waals surface area contributed by atoms with Crippen LogP contribution in [0.3, 0.4) is 0 Å². The lowest BCUT2D eigenvalue weighted by Gasteiger charge is -2.23. The first-order valence-corrected chi connectivity index (χ1v) is 6.84. The van der Waals surface area contributed by atoms with Crippen LogP contribution in [0.2, 0.25) is 0 Å². The number of rotatable bonds is 8. The van der Waals surface area contributed by atoms with Crippen molar-refractivity contribution in [3.8, 4) is 5.75 Å². The molecule has 0 spiro atoms. The van der Waals surface area contributed by atoms with E-state index in [-0.39, 0.29) is 6.54 Å². The Hall–Kier alpha value is -1.59. The molecule has 0 bridgehead atoms. The van der Waals surface area contributed by atoms with Gasteiger partial charge in [-0.25, -0.2) is 0 Å². The Morgan fingerprint density at radius 1 is 1.50 bits per heavy atom. The zero-order valence-electron chi connectivity index (χ0n) is 11.7. The minimum Gasteiger partial charge on any atom is -0.497 e. The molecule has 1 aliphatic carbocycles. The summed E-state index contributed by atoms with van der Waals surface area (Å²) >= 11 is 0. The van der Waals surface area contributed by atoms with Gasteiger partial charge in [0.25, 0.3) is 0 Å². The second-order valence-corrected chi connectivity index (χ2v) is 5.32. The van der Waals surface area contributed by atoms with Crippen molar-refractivity contribution in [2.45, 2.75) is 18.9 Å². The van der Waals surface area contributed by atoms with Gasteiger partial charge in [0.05, 0.1) is 19.8 Å². The standard InChI is InChI=1S/C15H21NO4/c1-20-13-4-2-3-12(7-13)14(17)9-16(10-15(18)19)8-11-5-6-11/h2-4,7,11,14,17H,5-6,8-10H2,1H3,(H,18,19). The number of aliphatic hydroxyl groups is 1. The molecule has 0 saturated heterocycles. The van der Waals surface area contributed by atoms with Crippen LogP contribution in [0.25, 0.3) is 0 Å². The lowest BCUT2D eigenvalue weighted by atomic mass is 10.1. The van der Waals surface area contributed by atoms with Gasteiger partial charge in [0, 0.05) is 13.1 Å². The number of carboxylic acid groups (broad SMARTS) is 1. The topological polar surface area (TPSA) is 70.0 Å². The summed E-state index contributed by atoms with van der Waals surface area (Å²) < 4.78 is 5.13. The third-order valence-corrected chi connectivity index (χ3v) is 3.48. The first-order valence-electron chi connectivity index (χ1n) is 6.84. The maximum atomic E-state index is 10.9. The van der Waals surface area contributed by atoms with Gasteiger partial charge in [0.1, 0.15) is 5.75 Å². The third kappa shape index (κ3) is 4.51. The highest BCUT2D eigenvalue weighted by atomic mass is 16.5. The minimum atomic E-state index is -0.858. The summed E-state index contributed by atoms with van der Waals surface area (Å²) in [5.74, 6) is 0.420. The number of hydrogen-bond acceptors (Lipinski definition) is 4. The van der Waals surface area contributed by atoms with E-state index in [1.165, 1.54) is 0 Å². The molecule has 5 nitrogen and oxygen atoms in total. The van der Waals surface area contributed by atoms with Crippen LogP contribution in [0.15, 0.2) is 24.3 Å². The second-order valence-electron chi connectivity index (χ2n) is 5.32. The maximum Gasteiger partial charge on any atom is 0.317 e. The molecule has 1 aliphatic rings. The SMILES string of the molecule is COc1cccc(C(O)CN(CC(=O)O)CC2CC2)c1. The highest BCUT2D eigenvalue weighted by molar-refractivity contribution is 5.69. The van der Waals surface area contributed by atoms with Gasteiger partial charge >= 0.3 is 5.97 Å². The van der Waals surface area contributed by atoms with Crippen LogP contribution in [-0.2, 0) is 4.79 Å². The van der Waals surface area contributed by atoms with Crippen molar-refractivity contribution in [3.05, 3.63) is 29.8 Å². The van der Waals surface area contributed by atoms with Crippen LogP contribution in [0.5, 0.6) is 5.75 Å². The first-order chi connectivity index (χ1) is 9.58. The van der Waals surface area contributed by atoms with Gasteiger partial charge in [-0.1, -0.05) is 12.1 Å². The fourth-order valence-electron chi connectivity index (χ4n) is 2.26. The monoisotopic (exact) mass is 279 g/mol. The maximum absolute atomic E-state index is 10.9. The molecular weight excluding hydrogens is 258 g/mol. The van der Waals surface area contributed by atoms with Crippen molar-refractivity contribution in [2.75, 3.05) is 26.7 Å². The molecule has 0 aromatic heterocycles. The number of methoxy groups -OCH3 is 1. The van der Waals surface area contributed by atoms with Gasteiger partial charge in [-0.2, -0.15) is 0 Å². The van der Waals surface area contributed by atoms with Crippen LogP contribution >= 0.6 is 0 Å². The van der Waals surface area contributed by atoms with Gasteiger partial charge in [-0.15, -0.1) is 0 Å². The molecule has 0 amide bonds. The predicted molar refractivity (Wildman–Crippen MR) is 74.8 cm³/mol. The first kappa shape index (κ1) is 14.8. The predicted octanol–water partition coefficient (Wildman–Crippen LogP) is 1.53. The Morgan fingerprint density at radius 2 is 2.25 bits per heavy atom. The molecule has 0 radical (unpaired) electrons. The van der Waals surface area contributed by atoms with E-state index in [1.807, 2.05) is 23.1 Å². The summed E-state index contributed by atoms with van der Waals surface area (Å²) in [7, 11) is 1.58. The third-order valence-electron chi connectivity index (χ3n) is 3.48. The van der Waals surface area contributed by atoms with Gasteiger partial charge in [0.2, 0.25) is 0 Å². The number of carbonyl (C=O) groups is 1. The number of hydrogen-bond donors (Lipinski definition) is 2. The zero-order valence-corrected chi connectivity index (χ0v) is 11.7. The van der Waals surface area contributed by atoms with E-state index in [0.29, 0.717) is 18.2 Å². The molecule has 1 fully saturated rings. The number of benzene rings is 1. The molecule has 0 aliphatic heterocycles. The molecule has 1 aromatic carbocycles. The molecule has 110 valence electrons. The van der Waals surface area contributed by atoms with Crippen LogP contribution in [0, 0.1) is 5.92 Å². The van der Waals surface area contributed by atoms with Crippen molar-refractivity contribution in [2.24, 2.45) is 5.92 Å². The fourth-order valence-corrected chi connectivity index (χ4v) is 2.26. The molecule has 1 aromatic rings. The average molecular weight is 279 g/mol. The van der Waals surface area contributed by atoms with Crippen LogP contribution in [0.1, 0.15) is 24.5 Å². The number of ether oxygens (including phenoxy) is 1. The largest absolute Gasteiger partial charge is 0.497 e. The normalized spacial score (nSPS) is 16.1. The molecule has 1 unspecified atom stereocenters. The number of nitrogens with zero attached hydrogens (tertiary/aromatic N) is 1. The Labute approximate surface area is 118 Å². The lowest BCUT2D eigenvalue weighted by Crippen LogP contribution is -2.35.